The third-order valence-corrected chi connectivity index (χ3v) is 4.17. The van der Waals surface area contributed by atoms with Crippen LogP contribution < -0.4 is 5.73 Å². The Balaban J connectivity index is 2.19. The van der Waals surface area contributed by atoms with E-state index in [1.54, 1.807) is 12.3 Å². The molecule has 0 saturated carbocycles. The smallest absolute Gasteiger partial charge is 0.257 e. The number of nitrogens with two attached hydrogens (primary N) is 1. The van der Waals surface area contributed by atoms with Crippen LogP contribution in [0.4, 0.5) is 5.82 Å². The van der Waals surface area contributed by atoms with Gasteiger partial charge in [-0.25, -0.2) is 4.98 Å². The fraction of sp³-hybridized carbons (Fsp3) is 0.538. The summed E-state index contributed by atoms with van der Waals surface area (Å²) in [4.78, 5) is 18.3. The largest absolute Gasteiger partial charge is 0.383 e. The number of carbonyl (C=O) groups is 1. The molecule has 2 heterocycles. The Morgan fingerprint density at radius 3 is 2.89 bits per heavy atom. The average molecular weight is 312 g/mol. The van der Waals surface area contributed by atoms with E-state index in [1.165, 1.54) is 0 Å². The molecule has 5 heteroatoms. The molecule has 1 amide bonds. The number of nitrogens with zero attached hydrogens (tertiary/aromatic N) is 2. The molecule has 4 nitrogen and oxygen atoms in total. The molecule has 1 aliphatic rings. The molecule has 2 N–H and O–H groups in total. The topological polar surface area (TPSA) is 59.2 Å². The van der Waals surface area contributed by atoms with E-state index < -0.39 is 0 Å². The van der Waals surface area contributed by atoms with Gasteiger partial charge in [0.15, 0.2) is 0 Å². The molecule has 1 aliphatic heterocycles. The van der Waals surface area contributed by atoms with Gasteiger partial charge in [0.25, 0.3) is 5.91 Å². The highest BCUT2D eigenvalue weighted by Crippen LogP contribution is 2.25. The zero-order valence-electron chi connectivity index (χ0n) is 10.7. The Kier molecular flexibility index (Phi) is 3.90. The Labute approximate surface area is 116 Å². The lowest BCUT2D eigenvalue weighted by Crippen LogP contribution is -2.42. The van der Waals surface area contributed by atoms with Gasteiger partial charge in [-0.3, -0.25) is 4.79 Å². The van der Waals surface area contributed by atoms with Crippen LogP contribution in [-0.4, -0.2) is 28.9 Å². The van der Waals surface area contributed by atoms with Gasteiger partial charge in [-0.2, -0.15) is 0 Å². The number of pyridine rings is 1. The van der Waals surface area contributed by atoms with Crippen LogP contribution in [0.5, 0.6) is 0 Å². The number of nitrogen functional groups attached to an aromatic ring is 1. The van der Waals surface area contributed by atoms with E-state index in [4.69, 9.17) is 5.73 Å². The van der Waals surface area contributed by atoms with E-state index in [0.717, 1.165) is 24.0 Å². The second-order valence-corrected chi connectivity index (χ2v) is 6.00. The van der Waals surface area contributed by atoms with Gasteiger partial charge in [-0.15, -0.1) is 0 Å². The Morgan fingerprint density at radius 2 is 2.22 bits per heavy atom. The third-order valence-electron chi connectivity index (χ3n) is 3.74. The number of rotatable bonds is 1. The van der Waals surface area contributed by atoms with Crippen LogP contribution in [-0.2, 0) is 0 Å². The lowest BCUT2D eigenvalue weighted by Gasteiger charge is -2.35. The first kappa shape index (κ1) is 13.3. The van der Waals surface area contributed by atoms with Gasteiger partial charge >= 0.3 is 0 Å². The molecular weight excluding hydrogens is 294 g/mol. The summed E-state index contributed by atoms with van der Waals surface area (Å²) in [7, 11) is 0. The lowest BCUT2D eigenvalue weighted by molar-refractivity contribution is 0.0628. The normalized spacial score (nSPS) is 24.1. The summed E-state index contributed by atoms with van der Waals surface area (Å²) in [5.74, 6) is 1.49. The molecule has 1 aromatic rings. The van der Waals surface area contributed by atoms with E-state index in [0.29, 0.717) is 23.2 Å². The molecule has 2 atom stereocenters. The summed E-state index contributed by atoms with van der Waals surface area (Å²) in [6.45, 7) is 6.02. The van der Waals surface area contributed by atoms with Gasteiger partial charge in [0.2, 0.25) is 0 Å². The maximum absolute atomic E-state index is 12.4. The number of likely N-dealkylation sites (tertiary alicyclic amines) is 1. The number of halogens is 1. The summed E-state index contributed by atoms with van der Waals surface area (Å²) >= 11 is 3.32. The molecule has 1 fully saturated rings. The van der Waals surface area contributed by atoms with Crippen molar-refractivity contribution in [2.75, 3.05) is 18.8 Å². The molecule has 0 spiro atoms. The maximum Gasteiger partial charge on any atom is 0.257 e. The van der Waals surface area contributed by atoms with E-state index in [2.05, 4.69) is 34.8 Å². The second-order valence-electron chi connectivity index (χ2n) is 5.08. The van der Waals surface area contributed by atoms with Crippen molar-refractivity contribution in [3.8, 4) is 0 Å². The number of aromatic nitrogens is 1. The van der Waals surface area contributed by atoms with Crippen LogP contribution in [0.1, 0.15) is 30.6 Å². The summed E-state index contributed by atoms with van der Waals surface area (Å²) in [5, 5.41) is 0. The molecule has 98 valence electrons. The molecule has 0 aromatic carbocycles. The molecule has 2 rings (SSSR count). The SMILES string of the molecule is CC1CCN(C(=O)c2cc(Br)cnc2N)CC1C. The van der Waals surface area contributed by atoms with Crippen molar-refractivity contribution in [2.24, 2.45) is 11.8 Å². The minimum Gasteiger partial charge on any atom is -0.383 e. The van der Waals surface area contributed by atoms with E-state index in [1.807, 2.05) is 4.90 Å². The van der Waals surface area contributed by atoms with Crippen LogP contribution >= 0.6 is 15.9 Å². The highest BCUT2D eigenvalue weighted by atomic mass is 79.9. The van der Waals surface area contributed by atoms with Crippen LogP contribution in [0.3, 0.4) is 0 Å². The number of hydrogen-bond acceptors (Lipinski definition) is 3. The van der Waals surface area contributed by atoms with E-state index in [-0.39, 0.29) is 5.91 Å². The predicted molar refractivity (Wildman–Crippen MR) is 75.2 cm³/mol. The number of amides is 1. The minimum absolute atomic E-state index is 0.0138. The average Bonchev–Trinajstić information content (AvgIpc) is 2.35. The third kappa shape index (κ3) is 2.66. The van der Waals surface area contributed by atoms with Gasteiger partial charge in [-0.1, -0.05) is 13.8 Å². The lowest BCUT2D eigenvalue weighted by atomic mass is 9.88. The van der Waals surface area contributed by atoms with E-state index >= 15 is 0 Å². The minimum atomic E-state index is -0.0138. The zero-order valence-corrected chi connectivity index (χ0v) is 12.3. The molecule has 0 aliphatic carbocycles. The van der Waals surface area contributed by atoms with Crippen molar-refractivity contribution in [3.05, 3.63) is 22.3 Å². The van der Waals surface area contributed by atoms with Crippen molar-refractivity contribution in [1.29, 1.82) is 0 Å². The Morgan fingerprint density at radius 1 is 1.50 bits per heavy atom. The monoisotopic (exact) mass is 311 g/mol. The first-order chi connectivity index (χ1) is 8.49. The van der Waals surface area contributed by atoms with Crippen LogP contribution in [0.25, 0.3) is 0 Å². The predicted octanol–water partition coefficient (Wildman–Crippen LogP) is 2.54. The molecule has 0 bridgehead atoms. The molecule has 1 saturated heterocycles. The number of anilines is 1. The zero-order chi connectivity index (χ0) is 13.3. The second kappa shape index (κ2) is 5.26. The van der Waals surface area contributed by atoms with Crippen LogP contribution in [0.15, 0.2) is 16.7 Å². The van der Waals surface area contributed by atoms with Crippen molar-refractivity contribution in [1.82, 2.24) is 9.88 Å². The fourth-order valence-electron chi connectivity index (χ4n) is 2.24. The van der Waals surface area contributed by atoms with Crippen molar-refractivity contribution < 1.29 is 4.79 Å². The van der Waals surface area contributed by atoms with Gasteiger partial charge in [0.1, 0.15) is 5.82 Å². The van der Waals surface area contributed by atoms with Crippen LogP contribution in [0, 0.1) is 11.8 Å². The first-order valence-corrected chi connectivity index (χ1v) is 6.98. The van der Waals surface area contributed by atoms with Gasteiger partial charge < -0.3 is 10.6 Å². The summed E-state index contributed by atoms with van der Waals surface area (Å²) in [5.41, 5.74) is 6.27. The van der Waals surface area contributed by atoms with Crippen LogP contribution in [0.2, 0.25) is 0 Å². The van der Waals surface area contributed by atoms with Crippen molar-refractivity contribution >= 4 is 27.7 Å². The highest BCUT2D eigenvalue weighted by Gasteiger charge is 2.27. The molecule has 0 radical (unpaired) electrons. The van der Waals surface area contributed by atoms with Crippen molar-refractivity contribution in [2.45, 2.75) is 20.3 Å². The van der Waals surface area contributed by atoms with Gasteiger partial charge in [-0.05, 0) is 40.3 Å². The fourth-order valence-corrected chi connectivity index (χ4v) is 2.57. The maximum atomic E-state index is 12.4. The number of piperidine rings is 1. The number of carbonyl (C=O) groups excluding carboxylic acids is 1. The standard InChI is InChI=1S/C13H18BrN3O/c1-8-3-4-17(7-9(8)2)13(18)11-5-10(14)6-16-12(11)15/h5-6,8-9H,3-4,7H2,1-2H3,(H2,15,16). The van der Waals surface area contributed by atoms with Gasteiger partial charge in [0.05, 0.1) is 5.56 Å². The molecule has 2 unspecified atom stereocenters. The molecule has 1 aromatic heterocycles. The summed E-state index contributed by atoms with van der Waals surface area (Å²) < 4.78 is 0.776. The Bertz CT molecular complexity index is 464. The first-order valence-electron chi connectivity index (χ1n) is 6.19. The Hall–Kier alpha value is -1.10. The quantitative estimate of drug-likeness (QED) is 0.867. The molecule has 18 heavy (non-hydrogen) atoms. The molecular formula is C13H18BrN3O. The summed E-state index contributed by atoms with van der Waals surface area (Å²) in [6.07, 6.45) is 2.65. The number of hydrogen-bond donors (Lipinski definition) is 1. The van der Waals surface area contributed by atoms with Gasteiger partial charge in [0, 0.05) is 23.8 Å². The van der Waals surface area contributed by atoms with E-state index in [9.17, 15) is 4.79 Å². The summed E-state index contributed by atoms with van der Waals surface area (Å²) in [6, 6.07) is 1.74. The highest BCUT2D eigenvalue weighted by molar-refractivity contribution is 9.10. The van der Waals surface area contributed by atoms with Crippen molar-refractivity contribution in [3.63, 3.8) is 0 Å².